The molecule has 220 valence electrons. The van der Waals surface area contributed by atoms with Crippen LogP contribution in [0.15, 0.2) is 65.6 Å². The number of halogens is 7. The Hall–Kier alpha value is -3.65. The van der Waals surface area contributed by atoms with E-state index >= 15 is 0 Å². The number of fused-ring (bicyclic) bond motifs is 1. The molecular weight excluding hydrogens is 581 g/mol. The fourth-order valence-electron chi connectivity index (χ4n) is 4.57. The van der Waals surface area contributed by atoms with Gasteiger partial charge in [-0.15, -0.1) is 0 Å². The summed E-state index contributed by atoms with van der Waals surface area (Å²) in [7, 11) is -4.09. The van der Waals surface area contributed by atoms with Gasteiger partial charge in [0, 0.05) is 35.5 Å². The molecule has 0 unspecified atom stereocenters. The first-order chi connectivity index (χ1) is 19.0. The first-order valence-corrected chi connectivity index (χ1v) is 13.7. The smallest absolute Gasteiger partial charge is 0.369 e. The monoisotopic (exact) mass is 604 g/mol. The third-order valence-corrected chi connectivity index (χ3v) is 8.04. The van der Waals surface area contributed by atoms with Crippen molar-refractivity contribution in [1.29, 1.82) is 0 Å². The van der Waals surface area contributed by atoms with Crippen LogP contribution in [0, 0.1) is 5.82 Å². The molecule has 3 aromatic rings. The van der Waals surface area contributed by atoms with E-state index in [1.807, 2.05) is 6.92 Å². The summed E-state index contributed by atoms with van der Waals surface area (Å²) in [6, 6.07) is 10.2. The Morgan fingerprint density at radius 3 is 2.10 bits per heavy atom. The number of aliphatic hydroxyl groups is 1. The molecule has 0 fully saturated rings. The molecule has 6 nitrogen and oxygen atoms in total. The molecule has 0 atom stereocenters. The van der Waals surface area contributed by atoms with Gasteiger partial charge in [0.05, 0.1) is 4.90 Å². The van der Waals surface area contributed by atoms with Gasteiger partial charge in [-0.05, 0) is 60.4 Å². The fraction of sp³-hybridized carbons (Fsp3) is 0.296. The number of hydrogen-bond acceptors (Lipinski definition) is 4. The van der Waals surface area contributed by atoms with Gasteiger partial charge < -0.3 is 10.0 Å². The lowest BCUT2D eigenvalue weighted by atomic mass is 9.90. The molecular formula is C27H23F7N2O4S. The van der Waals surface area contributed by atoms with Crippen LogP contribution in [0.4, 0.5) is 42.1 Å². The summed E-state index contributed by atoms with van der Waals surface area (Å²) in [4.78, 5) is 13.8. The number of alkyl halides is 6. The van der Waals surface area contributed by atoms with Gasteiger partial charge in [0.25, 0.3) is 15.6 Å². The van der Waals surface area contributed by atoms with E-state index in [1.165, 1.54) is 36.4 Å². The number of rotatable bonds is 7. The summed E-state index contributed by atoms with van der Waals surface area (Å²) in [5.41, 5.74) is -5.99. The molecule has 41 heavy (non-hydrogen) atoms. The summed E-state index contributed by atoms with van der Waals surface area (Å²) in [5.74, 6) is -1.51. The summed E-state index contributed by atoms with van der Waals surface area (Å²) in [5, 5.41) is 9.49. The van der Waals surface area contributed by atoms with Crippen LogP contribution >= 0.6 is 0 Å². The molecule has 0 spiro atoms. The Labute approximate surface area is 230 Å². The highest BCUT2D eigenvalue weighted by atomic mass is 32.2. The van der Waals surface area contributed by atoms with Crippen LogP contribution in [0.25, 0.3) is 11.1 Å². The summed E-state index contributed by atoms with van der Waals surface area (Å²) >= 11 is 0. The van der Waals surface area contributed by atoms with Gasteiger partial charge in [0.1, 0.15) is 5.82 Å². The number of anilines is 2. The molecule has 0 aromatic heterocycles. The molecule has 14 heteroatoms. The van der Waals surface area contributed by atoms with Crippen molar-refractivity contribution >= 4 is 27.3 Å². The van der Waals surface area contributed by atoms with E-state index in [2.05, 4.69) is 4.72 Å². The van der Waals surface area contributed by atoms with E-state index in [4.69, 9.17) is 0 Å². The number of benzene rings is 3. The molecule has 0 aliphatic carbocycles. The van der Waals surface area contributed by atoms with Crippen LogP contribution < -0.4 is 9.62 Å². The van der Waals surface area contributed by atoms with Gasteiger partial charge in [-0.2, -0.15) is 26.3 Å². The Kier molecular flexibility index (Phi) is 7.86. The highest BCUT2D eigenvalue weighted by Crippen LogP contribution is 2.50. The van der Waals surface area contributed by atoms with E-state index in [0.717, 1.165) is 6.42 Å². The Balaban J connectivity index is 1.57. The fourth-order valence-corrected chi connectivity index (χ4v) is 5.68. The van der Waals surface area contributed by atoms with E-state index in [0.29, 0.717) is 36.3 Å². The van der Waals surface area contributed by atoms with Gasteiger partial charge in [0.15, 0.2) is 0 Å². The lowest BCUT2D eigenvalue weighted by Crippen LogP contribution is -2.53. The number of nitrogens with zero attached hydrogens (tertiary/aromatic N) is 1. The standard InChI is InChI=1S/C27H23F7N2O4S/c1-2-13-36-23-11-9-20(14-17(23)5-12-24(36)37)41(39,40)35-19-7-3-16(4-8-19)21-10-6-18(15-22(21)28)25(38,26(29,30)31)27(32,33)34/h3-4,6-11,14-15,35,38H,2,5,12-13H2,1H3. The van der Waals surface area contributed by atoms with Crippen LogP contribution in [-0.4, -0.2) is 38.3 Å². The maximum absolute atomic E-state index is 14.7. The number of amides is 1. The number of nitrogens with one attached hydrogen (secondary N) is 1. The van der Waals surface area contributed by atoms with E-state index in [1.54, 1.807) is 11.0 Å². The quantitative estimate of drug-likeness (QED) is 0.310. The molecule has 1 heterocycles. The predicted molar refractivity (Wildman–Crippen MR) is 136 cm³/mol. The van der Waals surface area contributed by atoms with Crippen molar-refractivity contribution in [3.8, 4) is 11.1 Å². The van der Waals surface area contributed by atoms with Crippen molar-refractivity contribution in [2.24, 2.45) is 0 Å². The van der Waals surface area contributed by atoms with Gasteiger partial charge in [-0.1, -0.05) is 31.2 Å². The molecule has 1 aliphatic rings. The predicted octanol–water partition coefficient (Wildman–Crippen LogP) is 6.29. The van der Waals surface area contributed by atoms with Gasteiger partial charge in [-0.25, -0.2) is 12.8 Å². The largest absolute Gasteiger partial charge is 0.430 e. The molecule has 0 saturated carbocycles. The van der Waals surface area contributed by atoms with E-state index in [9.17, 15) is 49.1 Å². The number of hydrogen-bond donors (Lipinski definition) is 2. The Morgan fingerprint density at radius 1 is 0.902 bits per heavy atom. The number of carbonyl (C=O) groups excluding carboxylic acids is 1. The second-order valence-corrected chi connectivity index (χ2v) is 11.1. The molecule has 0 saturated heterocycles. The van der Waals surface area contributed by atoms with Crippen molar-refractivity contribution in [3.63, 3.8) is 0 Å². The summed E-state index contributed by atoms with van der Waals surface area (Å²) in [6.45, 7) is 2.41. The zero-order chi connectivity index (χ0) is 30.4. The first kappa shape index (κ1) is 30.3. The summed E-state index contributed by atoms with van der Waals surface area (Å²) in [6.07, 6.45) is -11.0. The van der Waals surface area contributed by atoms with Crippen molar-refractivity contribution in [1.82, 2.24) is 0 Å². The van der Waals surface area contributed by atoms with Crippen molar-refractivity contribution in [3.05, 3.63) is 77.6 Å². The topological polar surface area (TPSA) is 86.7 Å². The highest BCUT2D eigenvalue weighted by Gasteiger charge is 2.71. The molecule has 4 rings (SSSR count). The van der Waals surface area contributed by atoms with Crippen LogP contribution in [0.1, 0.15) is 30.9 Å². The normalized spacial score (nSPS) is 14.7. The first-order valence-electron chi connectivity index (χ1n) is 12.2. The lowest BCUT2D eigenvalue weighted by molar-refractivity contribution is -0.376. The summed E-state index contributed by atoms with van der Waals surface area (Å²) < 4.78 is 122. The second-order valence-electron chi connectivity index (χ2n) is 9.42. The lowest BCUT2D eigenvalue weighted by Gasteiger charge is -2.32. The van der Waals surface area contributed by atoms with Crippen LogP contribution in [0.2, 0.25) is 0 Å². The van der Waals surface area contributed by atoms with Crippen molar-refractivity contribution in [2.75, 3.05) is 16.2 Å². The number of carbonyl (C=O) groups is 1. The van der Waals surface area contributed by atoms with Gasteiger partial charge in [-0.3, -0.25) is 9.52 Å². The van der Waals surface area contributed by atoms with Crippen molar-refractivity contribution in [2.45, 2.75) is 49.0 Å². The molecule has 0 radical (unpaired) electrons. The third-order valence-electron chi connectivity index (χ3n) is 6.66. The van der Waals surface area contributed by atoms with Crippen LogP contribution in [0.5, 0.6) is 0 Å². The minimum Gasteiger partial charge on any atom is -0.369 e. The van der Waals surface area contributed by atoms with Gasteiger partial charge in [0.2, 0.25) is 5.91 Å². The number of sulfonamides is 1. The maximum atomic E-state index is 14.7. The Morgan fingerprint density at radius 2 is 1.54 bits per heavy atom. The molecule has 3 aromatic carbocycles. The van der Waals surface area contributed by atoms with Crippen LogP contribution in [-0.2, 0) is 26.8 Å². The molecule has 2 N–H and O–H groups in total. The molecule has 1 aliphatic heterocycles. The van der Waals surface area contributed by atoms with E-state index < -0.39 is 39.4 Å². The van der Waals surface area contributed by atoms with Gasteiger partial charge >= 0.3 is 12.4 Å². The minimum absolute atomic E-state index is 0.0222. The average molecular weight is 605 g/mol. The van der Waals surface area contributed by atoms with Crippen LogP contribution in [0.3, 0.4) is 0 Å². The third kappa shape index (κ3) is 5.62. The Bertz CT molecular complexity index is 1560. The van der Waals surface area contributed by atoms with E-state index in [-0.39, 0.29) is 40.1 Å². The number of aryl methyl sites for hydroxylation is 1. The highest BCUT2D eigenvalue weighted by molar-refractivity contribution is 7.92. The zero-order valence-corrected chi connectivity index (χ0v) is 22.1. The SMILES string of the molecule is CCCN1C(=O)CCc2cc(S(=O)(=O)Nc3ccc(-c4ccc(C(O)(C(F)(F)F)C(F)(F)F)cc4F)cc3)ccc21. The molecule has 1 amide bonds. The zero-order valence-electron chi connectivity index (χ0n) is 21.3. The average Bonchev–Trinajstić information content (AvgIpc) is 2.88. The minimum atomic E-state index is -6.16. The molecule has 0 bridgehead atoms. The van der Waals surface area contributed by atoms with Crippen molar-refractivity contribution < 1.29 is 49.1 Å². The second kappa shape index (κ2) is 10.6. The maximum Gasteiger partial charge on any atom is 0.430 e.